The van der Waals surface area contributed by atoms with E-state index >= 15 is 0 Å². The summed E-state index contributed by atoms with van der Waals surface area (Å²) in [7, 11) is 0. The van der Waals surface area contributed by atoms with Crippen molar-refractivity contribution >= 4 is 6.29 Å². The summed E-state index contributed by atoms with van der Waals surface area (Å²) in [5, 5.41) is 15.7. The molecule has 0 aliphatic heterocycles. The van der Waals surface area contributed by atoms with Crippen LogP contribution in [0.5, 0.6) is 5.75 Å². The fourth-order valence-corrected chi connectivity index (χ4v) is 1.28. The Kier molecular flexibility index (Phi) is 2.02. The van der Waals surface area contributed by atoms with Crippen molar-refractivity contribution in [3.8, 4) is 17.0 Å². The minimum atomic E-state index is 0.161. The molecule has 14 heavy (non-hydrogen) atoms. The fraction of sp³-hybridized carbons (Fsp3) is 0. The maximum atomic E-state index is 10.6. The van der Waals surface area contributed by atoms with Crippen LogP contribution in [0.1, 0.15) is 10.4 Å². The van der Waals surface area contributed by atoms with Crippen LogP contribution in [0.3, 0.4) is 0 Å². The number of carbonyl (C=O) groups is 1. The van der Waals surface area contributed by atoms with E-state index in [0.717, 1.165) is 11.8 Å². The van der Waals surface area contributed by atoms with Gasteiger partial charge in [-0.3, -0.25) is 9.89 Å². The first kappa shape index (κ1) is 8.50. The van der Waals surface area contributed by atoms with Crippen LogP contribution in [-0.4, -0.2) is 21.6 Å². The van der Waals surface area contributed by atoms with Gasteiger partial charge in [0.25, 0.3) is 0 Å². The maximum absolute atomic E-state index is 10.6. The van der Waals surface area contributed by atoms with Crippen molar-refractivity contribution in [1.82, 2.24) is 10.2 Å². The van der Waals surface area contributed by atoms with Crippen molar-refractivity contribution in [1.29, 1.82) is 0 Å². The topological polar surface area (TPSA) is 66.0 Å². The van der Waals surface area contributed by atoms with Crippen molar-refractivity contribution in [2.45, 2.75) is 0 Å². The van der Waals surface area contributed by atoms with Crippen molar-refractivity contribution < 1.29 is 9.90 Å². The summed E-state index contributed by atoms with van der Waals surface area (Å²) in [5.74, 6) is 0.161. The third kappa shape index (κ3) is 1.37. The molecule has 2 rings (SSSR count). The Morgan fingerprint density at radius 2 is 2.29 bits per heavy atom. The molecule has 2 N–H and O–H groups in total. The number of aldehydes is 1. The molecule has 0 unspecified atom stereocenters. The van der Waals surface area contributed by atoms with Crippen molar-refractivity contribution in [3.05, 3.63) is 36.0 Å². The molecular formula is C10H8N2O2. The highest BCUT2D eigenvalue weighted by Gasteiger charge is 2.06. The van der Waals surface area contributed by atoms with E-state index in [-0.39, 0.29) is 5.75 Å². The molecule has 4 heteroatoms. The number of rotatable bonds is 2. The summed E-state index contributed by atoms with van der Waals surface area (Å²) in [6, 6.07) is 6.64. The summed E-state index contributed by atoms with van der Waals surface area (Å²) in [6.45, 7) is 0. The third-order valence-corrected chi connectivity index (χ3v) is 1.93. The molecular weight excluding hydrogens is 180 g/mol. The second kappa shape index (κ2) is 3.33. The number of carbonyl (C=O) groups excluding carboxylic acids is 1. The lowest BCUT2D eigenvalue weighted by molar-refractivity contribution is 0.112. The molecule has 0 aliphatic carbocycles. The van der Waals surface area contributed by atoms with Crippen LogP contribution in [-0.2, 0) is 0 Å². The Balaban J connectivity index is 2.54. The third-order valence-electron chi connectivity index (χ3n) is 1.93. The van der Waals surface area contributed by atoms with Crippen LogP contribution in [0.15, 0.2) is 30.5 Å². The lowest BCUT2D eigenvalue weighted by Crippen LogP contribution is -1.83. The van der Waals surface area contributed by atoms with Gasteiger partial charge in [-0.25, -0.2) is 0 Å². The normalized spacial score (nSPS) is 10.0. The molecule has 0 bridgehead atoms. The molecule has 1 heterocycles. The molecule has 0 fully saturated rings. The Hall–Kier alpha value is -2.10. The highest BCUT2D eigenvalue weighted by atomic mass is 16.3. The van der Waals surface area contributed by atoms with Gasteiger partial charge in [0.15, 0.2) is 6.29 Å². The Morgan fingerprint density at radius 3 is 3.00 bits per heavy atom. The molecule has 0 saturated carbocycles. The number of benzene rings is 1. The zero-order valence-corrected chi connectivity index (χ0v) is 7.27. The second-order valence-corrected chi connectivity index (χ2v) is 2.87. The van der Waals surface area contributed by atoms with Gasteiger partial charge in [0.05, 0.1) is 17.5 Å². The van der Waals surface area contributed by atoms with E-state index in [4.69, 9.17) is 0 Å². The van der Waals surface area contributed by atoms with Crippen LogP contribution in [0.2, 0.25) is 0 Å². The molecule has 1 aromatic heterocycles. The summed E-state index contributed by atoms with van der Waals surface area (Å²) in [4.78, 5) is 10.6. The molecule has 2 aromatic rings. The summed E-state index contributed by atoms with van der Waals surface area (Å²) < 4.78 is 0. The summed E-state index contributed by atoms with van der Waals surface area (Å²) in [6.07, 6.45) is 2.18. The Labute approximate surface area is 80.2 Å². The molecule has 0 atom stereocenters. The van der Waals surface area contributed by atoms with E-state index in [1.807, 2.05) is 0 Å². The predicted molar refractivity (Wildman–Crippen MR) is 51.1 cm³/mol. The number of aromatic hydroxyl groups is 1. The molecule has 0 amide bonds. The number of aromatic amines is 1. The van der Waals surface area contributed by atoms with E-state index in [2.05, 4.69) is 10.2 Å². The lowest BCUT2D eigenvalue weighted by atomic mass is 10.1. The van der Waals surface area contributed by atoms with Gasteiger partial charge < -0.3 is 5.11 Å². The van der Waals surface area contributed by atoms with E-state index in [9.17, 15) is 9.90 Å². The Morgan fingerprint density at radius 1 is 1.43 bits per heavy atom. The largest absolute Gasteiger partial charge is 0.508 e. The van der Waals surface area contributed by atoms with Crippen LogP contribution in [0.4, 0.5) is 0 Å². The monoisotopic (exact) mass is 188 g/mol. The average Bonchev–Trinajstić information content (AvgIpc) is 2.65. The van der Waals surface area contributed by atoms with Crippen molar-refractivity contribution in [2.24, 2.45) is 0 Å². The van der Waals surface area contributed by atoms with Gasteiger partial charge in [-0.05, 0) is 12.1 Å². The van der Waals surface area contributed by atoms with Gasteiger partial charge in [-0.15, -0.1) is 0 Å². The van der Waals surface area contributed by atoms with Crippen LogP contribution >= 0.6 is 0 Å². The minimum Gasteiger partial charge on any atom is -0.508 e. The number of H-pyrrole nitrogens is 1. The van der Waals surface area contributed by atoms with Gasteiger partial charge in [0.2, 0.25) is 0 Å². The van der Waals surface area contributed by atoms with Crippen LogP contribution in [0.25, 0.3) is 11.3 Å². The molecule has 0 spiro atoms. The predicted octanol–water partition coefficient (Wildman–Crippen LogP) is 1.59. The first-order chi connectivity index (χ1) is 6.81. The molecule has 4 nitrogen and oxygen atoms in total. The van der Waals surface area contributed by atoms with E-state index in [1.54, 1.807) is 24.3 Å². The molecule has 1 aromatic carbocycles. The second-order valence-electron chi connectivity index (χ2n) is 2.87. The Bertz CT molecular complexity index is 463. The quantitative estimate of drug-likeness (QED) is 0.703. The van der Waals surface area contributed by atoms with Crippen LogP contribution < -0.4 is 0 Å². The number of nitrogens with zero attached hydrogens (tertiary/aromatic N) is 1. The summed E-state index contributed by atoms with van der Waals surface area (Å²) >= 11 is 0. The van der Waals surface area contributed by atoms with E-state index < -0.39 is 0 Å². The van der Waals surface area contributed by atoms with Gasteiger partial charge in [0, 0.05) is 5.56 Å². The molecule has 0 aliphatic rings. The van der Waals surface area contributed by atoms with Gasteiger partial charge in [-0.1, -0.05) is 12.1 Å². The highest BCUT2D eigenvalue weighted by Crippen LogP contribution is 2.23. The fourth-order valence-electron chi connectivity index (χ4n) is 1.28. The van der Waals surface area contributed by atoms with E-state index in [0.29, 0.717) is 11.3 Å². The molecule has 0 radical (unpaired) electrons. The molecule has 0 saturated heterocycles. The lowest BCUT2D eigenvalue weighted by Gasteiger charge is -1.98. The number of nitrogens with one attached hydrogen (secondary N) is 1. The van der Waals surface area contributed by atoms with Crippen LogP contribution in [0, 0.1) is 0 Å². The smallest absolute Gasteiger partial charge is 0.153 e. The minimum absolute atomic E-state index is 0.161. The van der Waals surface area contributed by atoms with Crippen molar-refractivity contribution in [2.75, 3.05) is 0 Å². The number of phenolic OH excluding ortho intramolecular Hbond substituents is 1. The first-order valence-electron chi connectivity index (χ1n) is 4.09. The zero-order chi connectivity index (χ0) is 9.97. The number of hydrogen-bond acceptors (Lipinski definition) is 3. The average molecular weight is 188 g/mol. The van der Waals surface area contributed by atoms with E-state index in [1.165, 1.54) is 6.20 Å². The number of hydrogen-bond donors (Lipinski definition) is 2. The van der Waals surface area contributed by atoms with Gasteiger partial charge in [-0.2, -0.15) is 5.10 Å². The SMILES string of the molecule is O=Cc1cn[nH]c1-c1cccc(O)c1. The van der Waals surface area contributed by atoms with Gasteiger partial charge in [0.1, 0.15) is 5.75 Å². The molecule has 70 valence electrons. The zero-order valence-electron chi connectivity index (χ0n) is 7.27. The highest BCUT2D eigenvalue weighted by molar-refractivity contribution is 5.85. The van der Waals surface area contributed by atoms with Crippen molar-refractivity contribution in [3.63, 3.8) is 0 Å². The number of phenols is 1. The maximum Gasteiger partial charge on any atom is 0.153 e. The number of aromatic nitrogens is 2. The standard InChI is InChI=1S/C10H8N2O2/c13-6-8-5-11-12-10(8)7-2-1-3-9(14)4-7/h1-6,14H,(H,11,12). The summed E-state index contributed by atoms with van der Waals surface area (Å²) in [5.41, 5.74) is 1.84. The first-order valence-corrected chi connectivity index (χ1v) is 4.09. The van der Waals surface area contributed by atoms with Gasteiger partial charge >= 0.3 is 0 Å².